The third-order valence-corrected chi connectivity index (χ3v) is 6.57. The number of amides is 1. The van der Waals surface area contributed by atoms with Crippen LogP contribution in [0.4, 0.5) is 0 Å². The van der Waals surface area contributed by atoms with Crippen molar-refractivity contribution >= 4 is 27.5 Å². The van der Waals surface area contributed by atoms with Gasteiger partial charge in [0.25, 0.3) is 5.91 Å². The molecule has 2 aromatic heterocycles. The molecular weight excluding hydrogens is 318 g/mol. The van der Waals surface area contributed by atoms with E-state index in [9.17, 15) is 4.79 Å². The van der Waals surface area contributed by atoms with Crippen LogP contribution in [0.5, 0.6) is 0 Å². The Morgan fingerprint density at radius 3 is 2.46 bits per heavy atom. The van der Waals surface area contributed by atoms with Gasteiger partial charge in [0.05, 0.1) is 10.2 Å². The molecule has 2 aliphatic heterocycles. The topological polar surface area (TPSA) is 39.3 Å². The van der Waals surface area contributed by atoms with Gasteiger partial charge in [0.15, 0.2) is 0 Å². The third kappa shape index (κ3) is 3.11. The molecule has 1 N–H and O–H groups in total. The number of hydrogen-bond donors (Lipinski definition) is 1. The Balaban J connectivity index is 1.58. The minimum atomic E-state index is 0.185. The number of nitrogens with one attached hydrogen (secondary N) is 1. The highest BCUT2D eigenvalue weighted by molar-refractivity contribution is 7.19. The molecule has 2 aliphatic rings. The van der Waals surface area contributed by atoms with Crippen molar-refractivity contribution < 1.29 is 4.79 Å². The fraction of sp³-hybridized carbons (Fsp3) is 0.632. The van der Waals surface area contributed by atoms with E-state index in [0.717, 1.165) is 38.2 Å². The first-order chi connectivity index (χ1) is 11.7. The predicted octanol–water partition coefficient (Wildman–Crippen LogP) is 4.15. The lowest BCUT2D eigenvalue weighted by Gasteiger charge is -2.19. The molecule has 2 fully saturated rings. The molecule has 0 unspecified atom stereocenters. The minimum Gasteiger partial charge on any atom is -0.350 e. The lowest BCUT2D eigenvalue weighted by Crippen LogP contribution is -2.32. The average Bonchev–Trinajstić information content (AvgIpc) is 3.21. The van der Waals surface area contributed by atoms with Crippen molar-refractivity contribution in [2.75, 3.05) is 26.2 Å². The molecule has 1 amide bonds. The smallest absolute Gasteiger partial charge is 0.270 e. The molecule has 5 heteroatoms. The molecule has 2 aromatic rings. The number of H-pyrrole nitrogens is 1. The zero-order valence-electron chi connectivity index (χ0n) is 14.6. The Morgan fingerprint density at radius 2 is 1.75 bits per heavy atom. The molecule has 0 saturated carbocycles. The highest BCUT2D eigenvalue weighted by atomic mass is 32.1. The zero-order valence-corrected chi connectivity index (χ0v) is 15.4. The molecule has 130 valence electrons. The van der Waals surface area contributed by atoms with E-state index >= 15 is 0 Å². The maximum absolute atomic E-state index is 12.8. The number of likely N-dealkylation sites (tertiary alicyclic amines) is 2. The Kier molecular flexibility index (Phi) is 4.63. The van der Waals surface area contributed by atoms with E-state index in [-0.39, 0.29) is 5.91 Å². The van der Waals surface area contributed by atoms with Gasteiger partial charge in [0, 0.05) is 30.1 Å². The minimum absolute atomic E-state index is 0.185. The Bertz CT molecular complexity index is 718. The quantitative estimate of drug-likeness (QED) is 0.908. The number of aromatic amines is 1. The van der Waals surface area contributed by atoms with E-state index in [1.165, 1.54) is 59.4 Å². The molecule has 2 saturated heterocycles. The number of hydrogen-bond acceptors (Lipinski definition) is 3. The third-order valence-electron chi connectivity index (χ3n) is 5.48. The number of nitrogens with zero attached hydrogens (tertiary/aromatic N) is 2. The van der Waals surface area contributed by atoms with Gasteiger partial charge >= 0.3 is 0 Å². The number of thiophene rings is 1. The van der Waals surface area contributed by atoms with Crippen LogP contribution in [-0.2, 0) is 6.54 Å². The summed E-state index contributed by atoms with van der Waals surface area (Å²) in [5.74, 6) is 0.185. The summed E-state index contributed by atoms with van der Waals surface area (Å²) in [5, 5.41) is 0. The Morgan fingerprint density at radius 1 is 1.08 bits per heavy atom. The van der Waals surface area contributed by atoms with E-state index < -0.39 is 0 Å². The molecule has 0 radical (unpaired) electrons. The molecule has 0 aliphatic carbocycles. The van der Waals surface area contributed by atoms with Crippen LogP contribution >= 0.6 is 11.3 Å². The number of aromatic nitrogens is 1. The van der Waals surface area contributed by atoms with Crippen LogP contribution < -0.4 is 0 Å². The molecule has 0 spiro atoms. The number of carbonyl (C=O) groups is 1. The monoisotopic (exact) mass is 345 g/mol. The normalized spacial score (nSPS) is 20.0. The summed E-state index contributed by atoms with van der Waals surface area (Å²) < 4.78 is 1.24. The van der Waals surface area contributed by atoms with E-state index in [4.69, 9.17) is 0 Å². The second-order valence-corrected chi connectivity index (χ2v) is 8.51. The van der Waals surface area contributed by atoms with Gasteiger partial charge in [-0.25, -0.2) is 0 Å². The predicted molar refractivity (Wildman–Crippen MR) is 99.8 cm³/mol. The first-order valence-electron chi connectivity index (χ1n) is 9.35. The summed E-state index contributed by atoms with van der Waals surface area (Å²) in [4.78, 5) is 22.3. The van der Waals surface area contributed by atoms with Crippen LogP contribution in [0.2, 0.25) is 0 Å². The molecule has 0 atom stereocenters. The van der Waals surface area contributed by atoms with Crippen molar-refractivity contribution in [1.82, 2.24) is 14.8 Å². The highest BCUT2D eigenvalue weighted by Gasteiger charge is 2.22. The Hall–Kier alpha value is -1.33. The number of aryl methyl sites for hydroxylation is 1. The lowest BCUT2D eigenvalue weighted by molar-refractivity contribution is 0.0756. The average molecular weight is 346 g/mol. The van der Waals surface area contributed by atoms with Crippen LogP contribution in [-0.4, -0.2) is 46.9 Å². The zero-order chi connectivity index (χ0) is 16.5. The fourth-order valence-electron chi connectivity index (χ4n) is 4.06. The largest absolute Gasteiger partial charge is 0.350 e. The summed E-state index contributed by atoms with van der Waals surface area (Å²) in [5.41, 5.74) is 3.37. The van der Waals surface area contributed by atoms with E-state index in [2.05, 4.69) is 22.9 Å². The summed E-state index contributed by atoms with van der Waals surface area (Å²) in [6, 6.07) is 2.08. The van der Waals surface area contributed by atoms with Crippen LogP contribution in [0.15, 0.2) is 6.07 Å². The van der Waals surface area contributed by atoms with Crippen LogP contribution in [0.1, 0.15) is 59.5 Å². The molecule has 0 bridgehead atoms. The Labute approximate surface area is 147 Å². The van der Waals surface area contributed by atoms with E-state index in [1.54, 1.807) is 0 Å². The van der Waals surface area contributed by atoms with Gasteiger partial charge < -0.3 is 9.88 Å². The number of fused-ring (bicyclic) bond motifs is 1. The van der Waals surface area contributed by atoms with Crippen molar-refractivity contribution in [2.24, 2.45) is 0 Å². The molecule has 4 heterocycles. The van der Waals surface area contributed by atoms with Crippen LogP contribution in [0.25, 0.3) is 10.2 Å². The molecule has 24 heavy (non-hydrogen) atoms. The lowest BCUT2D eigenvalue weighted by atomic mass is 10.2. The van der Waals surface area contributed by atoms with E-state index in [0.29, 0.717) is 0 Å². The van der Waals surface area contributed by atoms with Gasteiger partial charge in [-0.15, -0.1) is 11.3 Å². The standard InChI is InChI=1S/C19H27N3OS/c1-14-15(13-21-8-6-7-9-21)18-17(24-14)12-16(20-18)19(23)22-10-4-2-3-5-11-22/h12,20H,2-11,13H2,1H3. The van der Waals surface area contributed by atoms with Crippen molar-refractivity contribution in [2.45, 2.75) is 52.0 Å². The van der Waals surface area contributed by atoms with Crippen molar-refractivity contribution in [3.8, 4) is 0 Å². The SMILES string of the molecule is Cc1sc2cc(C(=O)N3CCCCCC3)[nH]c2c1CN1CCCC1. The number of rotatable bonds is 3. The van der Waals surface area contributed by atoms with Crippen molar-refractivity contribution in [3.05, 3.63) is 22.2 Å². The van der Waals surface area contributed by atoms with Gasteiger partial charge in [-0.05, 0) is 51.8 Å². The molecule has 4 nitrogen and oxygen atoms in total. The van der Waals surface area contributed by atoms with Crippen molar-refractivity contribution in [3.63, 3.8) is 0 Å². The first-order valence-corrected chi connectivity index (χ1v) is 10.2. The van der Waals surface area contributed by atoms with Gasteiger partial charge in [-0.2, -0.15) is 0 Å². The first kappa shape index (κ1) is 16.2. The summed E-state index contributed by atoms with van der Waals surface area (Å²) >= 11 is 1.82. The fourth-order valence-corrected chi connectivity index (χ4v) is 5.13. The highest BCUT2D eigenvalue weighted by Crippen LogP contribution is 2.33. The second kappa shape index (κ2) is 6.89. The number of carbonyl (C=O) groups excluding carboxylic acids is 1. The van der Waals surface area contributed by atoms with Gasteiger partial charge in [0.2, 0.25) is 0 Å². The second-order valence-electron chi connectivity index (χ2n) is 7.25. The molecule has 4 rings (SSSR count). The maximum Gasteiger partial charge on any atom is 0.270 e. The summed E-state index contributed by atoms with van der Waals surface area (Å²) in [6.07, 6.45) is 7.41. The van der Waals surface area contributed by atoms with Crippen LogP contribution in [0.3, 0.4) is 0 Å². The maximum atomic E-state index is 12.8. The van der Waals surface area contributed by atoms with Gasteiger partial charge in [0.1, 0.15) is 5.69 Å². The summed E-state index contributed by atoms with van der Waals surface area (Å²) in [7, 11) is 0. The summed E-state index contributed by atoms with van der Waals surface area (Å²) in [6.45, 7) is 7.45. The van der Waals surface area contributed by atoms with E-state index in [1.807, 2.05) is 16.2 Å². The van der Waals surface area contributed by atoms with Crippen molar-refractivity contribution in [1.29, 1.82) is 0 Å². The van der Waals surface area contributed by atoms with Gasteiger partial charge in [-0.3, -0.25) is 9.69 Å². The van der Waals surface area contributed by atoms with Crippen LogP contribution in [0, 0.1) is 6.92 Å². The van der Waals surface area contributed by atoms with Gasteiger partial charge in [-0.1, -0.05) is 12.8 Å². The molecule has 0 aromatic carbocycles. The molecular formula is C19H27N3OS.